The summed E-state index contributed by atoms with van der Waals surface area (Å²) in [5, 5.41) is 0. The summed E-state index contributed by atoms with van der Waals surface area (Å²) in [5.74, 6) is -0.108. The van der Waals surface area contributed by atoms with Gasteiger partial charge in [-0.05, 0) is 18.1 Å². The van der Waals surface area contributed by atoms with Crippen LogP contribution in [0.25, 0.3) is 0 Å². The molecular formula is C11H14O3S. The third kappa shape index (κ3) is 3.47. The maximum atomic E-state index is 11.8. The Labute approximate surface area is 90.0 Å². The summed E-state index contributed by atoms with van der Waals surface area (Å²) in [5.41, 5.74) is 0. The molecule has 0 heterocycles. The number of hydrogen-bond donors (Lipinski definition) is 0. The van der Waals surface area contributed by atoms with Gasteiger partial charge in [0.25, 0.3) is 0 Å². The maximum Gasteiger partial charge on any atom is 0.178 e. The van der Waals surface area contributed by atoms with Crippen molar-refractivity contribution in [2.75, 3.05) is 5.75 Å². The molecule has 0 radical (unpaired) electrons. The smallest absolute Gasteiger partial charge is 0.178 e. The van der Waals surface area contributed by atoms with E-state index in [1.165, 1.54) is 0 Å². The van der Waals surface area contributed by atoms with Gasteiger partial charge in [0.05, 0.1) is 10.6 Å². The summed E-state index contributed by atoms with van der Waals surface area (Å²) in [6.07, 6.45) is 1.04. The monoisotopic (exact) mass is 226 g/mol. The van der Waals surface area contributed by atoms with Gasteiger partial charge in [0.2, 0.25) is 0 Å². The molecule has 0 saturated heterocycles. The normalized spacial score (nSPS) is 13.4. The zero-order valence-corrected chi connectivity index (χ0v) is 9.41. The van der Waals surface area contributed by atoms with Gasteiger partial charge in [-0.1, -0.05) is 25.1 Å². The number of carbonyl (C=O) groups excluding carboxylic acids is 1. The highest BCUT2D eigenvalue weighted by Crippen LogP contribution is 2.14. The van der Waals surface area contributed by atoms with E-state index in [1.54, 1.807) is 37.3 Å². The minimum atomic E-state index is -3.24. The van der Waals surface area contributed by atoms with E-state index in [9.17, 15) is 13.2 Å². The van der Waals surface area contributed by atoms with E-state index >= 15 is 0 Å². The van der Waals surface area contributed by atoms with Gasteiger partial charge in [-0.3, -0.25) is 0 Å². The van der Waals surface area contributed by atoms with Gasteiger partial charge < -0.3 is 4.79 Å². The largest absolute Gasteiger partial charge is 0.303 e. The van der Waals surface area contributed by atoms with Crippen molar-refractivity contribution in [3.63, 3.8) is 0 Å². The second-order valence-electron chi connectivity index (χ2n) is 3.60. The molecule has 0 aliphatic rings. The lowest BCUT2D eigenvalue weighted by Gasteiger charge is -2.08. The molecule has 0 spiro atoms. The first-order valence-electron chi connectivity index (χ1n) is 4.77. The van der Waals surface area contributed by atoms with Gasteiger partial charge in [0, 0.05) is 6.42 Å². The van der Waals surface area contributed by atoms with E-state index in [0.29, 0.717) is 4.90 Å². The van der Waals surface area contributed by atoms with Gasteiger partial charge in [-0.2, -0.15) is 0 Å². The minimum absolute atomic E-state index is 0.0236. The van der Waals surface area contributed by atoms with E-state index < -0.39 is 9.84 Å². The van der Waals surface area contributed by atoms with Crippen LogP contribution in [0.15, 0.2) is 35.2 Å². The van der Waals surface area contributed by atoms with Crippen LogP contribution < -0.4 is 0 Å². The topological polar surface area (TPSA) is 51.2 Å². The number of benzene rings is 1. The second-order valence-corrected chi connectivity index (χ2v) is 5.64. The molecule has 4 heteroatoms. The molecule has 0 aliphatic carbocycles. The molecule has 0 bridgehead atoms. The first-order valence-corrected chi connectivity index (χ1v) is 6.43. The van der Waals surface area contributed by atoms with E-state index in [2.05, 4.69) is 0 Å². The lowest BCUT2D eigenvalue weighted by Crippen LogP contribution is -2.14. The Bertz CT molecular complexity index is 409. The number of aldehydes is 1. The fraction of sp³-hybridized carbons (Fsp3) is 0.364. The lowest BCUT2D eigenvalue weighted by atomic mass is 10.2. The fourth-order valence-corrected chi connectivity index (χ4v) is 2.98. The average Bonchev–Trinajstić information content (AvgIpc) is 2.18. The highest BCUT2D eigenvalue weighted by atomic mass is 32.2. The van der Waals surface area contributed by atoms with Crippen molar-refractivity contribution in [3.05, 3.63) is 30.3 Å². The quantitative estimate of drug-likeness (QED) is 0.718. The Balaban J connectivity index is 2.81. The summed E-state index contributed by atoms with van der Waals surface area (Å²) >= 11 is 0. The average molecular weight is 226 g/mol. The number of sulfone groups is 1. The summed E-state index contributed by atoms with van der Waals surface area (Å²) in [6, 6.07) is 8.30. The Morgan fingerprint density at radius 2 is 1.87 bits per heavy atom. The first kappa shape index (κ1) is 11.9. The van der Waals surface area contributed by atoms with Crippen molar-refractivity contribution in [1.29, 1.82) is 0 Å². The molecule has 1 aromatic rings. The Hall–Kier alpha value is -1.16. The third-order valence-corrected chi connectivity index (χ3v) is 4.10. The van der Waals surface area contributed by atoms with Gasteiger partial charge in [-0.15, -0.1) is 0 Å². The highest BCUT2D eigenvalue weighted by Gasteiger charge is 2.17. The van der Waals surface area contributed by atoms with Crippen molar-refractivity contribution in [2.45, 2.75) is 18.2 Å². The molecule has 15 heavy (non-hydrogen) atoms. The molecule has 0 amide bonds. The van der Waals surface area contributed by atoms with Crippen molar-refractivity contribution < 1.29 is 13.2 Å². The van der Waals surface area contributed by atoms with Gasteiger partial charge in [0.1, 0.15) is 6.29 Å². The van der Waals surface area contributed by atoms with Crippen LogP contribution in [0.3, 0.4) is 0 Å². The first-order chi connectivity index (χ1) is 7.06. The molecular weight excluding hydrogens is 212 g/mol. The summed E-state index contributed by atoms with van der Waals surface area (Å²) in [6.45, 7) is 1.76. The van der Waals surface area contributed by atoms with Crippen LogP contribution in [-0.2, 0) is 14.6 Å². The predicted molar refractivity (Wildman–Crippen MR) is 58.3 cm³/mol. The van der Waals surface area contributed by atoms with E-state index in [-0.39, 0.29) is 18.1 Å². The van der Waals surface area contributed by atoms with Crippen molar-refractivity contribution >= 4 is 16.1 Å². The minimum Gasteiger partial charge on any atom is -0.303 e. The van der Waals surface area contributed by atoms with Crippen LogP contribution in [0.5, 0.6) is 0 Å². The van der Waals surface area contributed by atoms with Crippen LogP contribution in [-0.4, -0.2) is 20.5 Å². The van der Waals surface area contributed by atoms with Crippen LogP contribution in [0.1, 0.15) is 13.3 Å². The predicted octanol–water partition coefficient (Wildman–Crippen LogP) is 1.69. The molecule has 0 fully saturated rings. The second kappa shape index (κ2) is 5.07. The van der Waals surface area contributed by atoms with Crippen molar-refractivity contribution in [2.24, 2.45) is 5.92 Å². The van der Waals surface area contributed by atoms with Gasteiger partial charge >= 0.3 is 0 Å². The van der Waals surface area contributed by atoms with E-state index in [4.69, 9.17) is 0 Å². The molecule has 1 rings (SSSR count). The standard InChI is InChI=1S/C11H14O3S/c1-10(7-8-12)9-15(13,14)11-5-3-2-4-6-11/h2-6,8,10H,7,9H2,1H3/t10-/m0/s1. The van der Waals surface area contributed by atoms with Crippen molar-refractivity contribution in [3.8, 4) is 0 Å². The van der Waals surface area contributed by atoms with Gasteiger partial charge in [0.15, 0.2) is 9.84 Å². The molecule has 0 aromatic heterocycles. The third-order valence-electron chi connectivity index (χ3n) is 2.10. The van der Waals surface area contributed by atoms with E-state index in [1.807, 2.05) is 0 Å². The Morgan fingerprint density at radius 1 is 1.27 bits per heavy atom. The molecule has 0 unspecified atom stereocenters. The Kier molecular flexibility index (Phi) is 4.03. The van der Waals surface area contributed by atoms with Crippen LogP contribution in [0.4, 0.5) is 0 Å². The maximum absolute atomic E-state index is 11.8. The Morgan fingerprint density at radius 3 is 2.40 bits per heavy atom. The van der Waals surface area contributed by atoms with Crippen LogP contribution in [0, 0.1) is 5.92 Å². The van der Waals surface area contributed by atoms with Crippen LogP contribution in [0.2, 0.25) is 0 Å². The highest BCUT2D eigenvalue weighted by molar-refractivity contribution is 7.91. The number of carbonyl (C=O) groups is 1. The van der Waals surface area contributed by atoms with Gasteiger partial charge in [-0.25, -0.2) is 8.42 Å². The SMILES string of the molecule is C[C@@H](CC=O)CS(=O)(=O)c1ccccc1. The zero-order chi connectivity index (χ0) is 11.3. The molecule has 0 saturated carbocycles. The van der Waals surface area contributed by atoms with E-state index in [0.717, 1.165) is 6.29 Å². The molecule has 0 aliphatic heterocycles. The molecule has 1 atom stereocenters. The fourth-order valence-electron chi connectivity index (χ4n) is 1.33. The number of hydrogen-bond acceptors (Lipinski definition) is 3. The van der Waals surface area contributed by atoms with Crippen LogP contribution >= 0.6 is 0 Å². The molecule has 1 aromatic carbocycles. The summed E-state index contributed by atoms with van der Waals surface area (Å²) in [4.78, 5) is 10.6. The summed E-state index contributed by atoms with van der Waals surface area (Å²) in [7, 11) is -3.24. The molecule has 82 valence electrons. The van der Waals surface area contributed by atoms with Crippen molar-refractivity contribution in [1.82, 2.24) is 0 Å². The zero-order valence-electron chi connectivity index (χ0n) is 8.59. The molecule has 3 nitrogen and oxygen atoms in total. The number of rotatable bonds is 5. The molecule has 0 N–H and O–H groups in total. The lowest BCUT2D eigenvalue weighted by molar-refractivity contribution is -0.108. The summed E-state index contributed by atoms with van der Waals surface area (Å²) < 4.78 is 23.6.